The number of alkyl halides is 2. The molecule has 41 heavy (non-hydrogen) atoms. The van der Waals surface area contributed by atoms with Gasteiger partial charge in [0.1, 0.15) is 23.2 Å². The zero-order valence-electron chi connectivity index (χ0n) is 23.3. The summed E-state index contributed by atoms with van der Waals surface area (Å²) in [5.74, 6) is 0.864. The Labute approximate surface area is 236 Å². The molecule has 0 aliphatic heterocycles. The maximum atomic E-state index is 15.1. The van der Waals surface area contributed by atoms with Crippen LogP contribution in [-0.4, -0.2) is 12.7 Å². The summed E-state index contributed by atoms with van der Waals surface area (Å²) in [7, 11) is 0. The molecule has 0 aliphatic rings. The lowest BCUT2D eigenvalue weighted by molar-refractivity contribution is -0.178. The zero-order valence-corrected chi connectivity index (χ0v) is 23.3. The minimum atomic E-state index is -4.27. The molecule has 0 spiro atoms. The zero-order chi connectivity index (χ0) is 30.6. The van der Waals surface area contributed by atoms with E-state index in [2.05, 4.69) is 16.6 Å². The topological polar surface area (TPSA) is 18.5 Å². The van der Waals surface area contributed by atoms with Crippen molar-refractivity contribution in [2.24, 2.45) is 0 Å². The van der Waals surface area contributed by atoms with Crippen LogP contribution in [0.5, 0.6) is 5.75 Å². The molecule has 8 heteroatoms. The summed E-state index contributed by atoms with van der Waals surface area (Å²) in [5.41, 5.74) is -0.216. The third-order valence-electron chi connectivity index (χ3n) is 5.53. The molecule has 0 amide bonds. The fourth-order valence-electron chi connectivity index (χ4n) is 3.45. The van der Waals surface area contributed by atoms with Gasteiger partial charge in [-0.1, -0.05) is 30.1 Å². The average molecular weight is 573 g/mol. The van der Waals surface area contributed by atoms with Crippen LogP contribution in [0.4, 0.5) is 26.3 Å². The highest BCUT2D eigenvalue weighted by atomic mass is 19.3. The fourth-order valence-corrected chi connectivity index (χ4v) is 3.45. The smallest absolute Gasteiger partial charge is 0.429 e. The first-order valence-corrected chi connectivity index (χ1v) is 12.7. The van der Waals surface area contributed by atoms with E-state index in [1.54, 1.807) is 24.3 Å². The molecule has 2 aromatic rings. The van der Waals surface area contributed by atoms with E-state index in [0.717, 1.165) is 37.3 Å². The Bertz CT molecular complexity index is 1460. The highest BCUT2D eigenvalue weighted by Crippen LogP contribution is 2.36. The van der Waals surface area contributed by atoms with Crippen molar-refractivity contribution in [1.29, 1.82) is 0 Å². The van der Waals surface area contributed by atoms with E-state index in [0.29, 0.717) is 29.6 Å². The number of benzene rings is 2. The predicted octanol–water partition coefficient (Wildman–Crippen LogP) is 10.1. The Kier molecular flexibility index (Phi) is 12.3. The van der Waals surface area contributed by atoms with Crippen LogP contribution in [0.3, 0.4) is 0 Å². The van der Waals surface area contributed by atoms with Gasteiger partial charge in [0, 0.05) is 22.8 Å². The molecule has 0 atom stereocenters. The van der Waals surface area contributed by atoms with Crippen molar-refractivity contribution in [2.45, 2.75) is 40.7 Å². The monoisotopic (exact) mass is 572 g/mol. The molecule has 0 unspecified atom stereocenters. The Hall–Kier alpha value is -4.38. The molecule has 0 radical (unpaired) electrons. The van der Waals surface area contributed by atoms with Crippen LogP contribution in [0.15, 0.2) is 108 Å². The molecule has 0 bridgehead atoms. The lowest BCUT2D eigenvalue weighted by atomic mass is 10.0. The molecule has 0 aliphatic carbocycles. The second-order valence-corrected chi connectivity index (χ2v) is 8.28. The quantitative estimate of drug-likeness (QED) is 0.122. The Morgan fingerprint density at radius 1 is 0.780 bits per heavy atom. The fraction of sp³-hybridized carbons (Fsp3) is 0.212. The van der Waals surface area contributed by atoms with E-state index in [-0.39, 0.29) is 11.1 Å². The minimum absolute atomic E-state index is 0.0199. The standard InChI is InChI=1S/C33H30F6O2/c1-6-24(20-31(36)28(8-3)33(38,39)41-25(7-2)21-32(37)29(34)9-4)27-18-15-23(19-30(27)35)12-11-22-13-16-26(17-14-22)40-10-5/h6-9,13-21H,10H2,1-5H3/b24-6+,25-7+,28-8-,29-9-,31-20+,32-21+. The first-order valence-electron chi connectivity index (χ1n) is 12.7. The van der Waals surface area contributed by atoms with Gasteiger partial charge in [0.2, 0.25) is 0 Å². The Morgan fingerprint density at radius 2 is 1.41 bits per heavy atom. The Morgan fingerprint density at radius 3 is 1.95 bits per heavy atom. The number of hydrogen-bond acceptors (Lipinski definition) is 2. The van der Waals surface area contributed by atoms with Crippen molar-refractivity contribution in [1.82, 2.24) is 0 Å². The maximum absolute atomic E-state index is 15.1. The molecule has 0 aromatic heterocycles. The van der Waals surface area contributed by atoms with Crippen molar-refractivity contribution in [3.05, 3.63) is 130 Å². The van der Waals surface area contributed by atoms with Gasteiger partial charge in [-0.3, -0.25) is 0 Å². The number of hydrogen-bond donors (Lipinski definition) is 0. The van der Waals surface area contributed by atoms with Crippen molar-refractivity contribution >= 4 is 5.57 Å². The van der Waals surface area contributed by atoms with Gasteiger partial charge in [0.15, 0.2) is 11.7 Å². The summed E-state index contributed by atoms with van der Waals surface area (Å²) >= 11 is 0. The number of rotatable bonds is 10. The van der Waals surface area contributed by atoms with Crippen molar-refractivity contribution in [3.8, 4) is 17.6 Å². The van der Waals surface area contributed by atoms with E-state index < -0.39 is 40.7 Å². The van der Waals surface area contributed by atoms with Crippen LogP contribution in [-0.2, 0) is 4.74 Å². The van der Waals surface area contributed by atoms with Crippen LogP contribution < -0.4 is 4.74 Å². The second-order valence-electron chi connectivity index (χ2n) is 8.28. The third kappa shape index (κ3) is 9.35. The van der Waals surface area contributed by atoms with Crippen molar-refractivity contribution < 1.29 is 35.8 Å². The summed E-state index contributed by atoms with van der Waals surface area (Å²) in [4.78, 5) is 0. The lowest BCUT2D eigenvalue weighted by Gasteiger charge is -2.21. The highest BCUT2D eigenvalue weighted by molar-refractivity contribution is 5.76. The number of allylic oxidation sites excluding steroid dienone is 9. The molecule has 2 rings (SSSR count). The molecule has 2 aromatic carbocycles. The molecule has 0 fully saturated rings. The first-order chi connectivity index (χ1) is 19.5. The predicted molar refractivity (Wildman–Crippen MR) is 150 cm³/mol. The van der Waals surface area contributed by atoms with Crippen LogP contribution in [0.25, 0.3) is 5.57 Å². The van der Waals surface area contributed by atoms with E-state index in [1.165, 1.54) is 39.0 Å². The van der Waals surface area contributed by atoms with E-state index >= 15 is 8.78 Å². The van der Waals surface area contributed by atoms with Gasteiger partial charge in [-0.25, -0.2) is 17.6 Å². The summed E-state index contributed by atoms with van der Waals surface area (Å²) < 4.78 is 97.0. The first kappa shape index (κ1) is 32.8. The van der Waals surface area contributed by atoms with Gasteiger partial charge >= 0.3 is 6.11 Å². The van der Waals surface area contributed by atoms with E-state index in [4.69, 9.17) is 4.74 Å². The van der Waals surface area contributed by atoms with Gasteiger partial charge in [0.25, 0.3) is 0 Å². The average Bonchev–Trinajstić information content (AvgIpc) is 2.95. The van der Waals surface area contributed by atoms with Gasteiger partial charge in [-0.05, 0) is 94.8 Å². The third-order valence-corrected chi connectivity index (χ3v) is 5.53. The molecule has 0 N–H and O–H groups in total. The van der Waals surface area contributed by atoms with E-state index in [1.807, 2.05) is 6.92 Å². The Balaban J connectivity index is 2.30. The summed E-state index contributed by atoms with van der Waals surface area (Å²) in [6.07, 6.45) is 0.791. The summed E-state index contributed by atoms with van der Waals surface area (Å²) in [6, 6.07) is 11.1. The normalized spacial score (nSPS) is 14.0. The second kappa shape index (κ2) is 15.4. The highest BCUT2D eigenvalue weighted by Gasteiger charge is 2.40. The molecule has 0 heterocycles. The van der Waals surface area contributed by atoms with E-state index in [9.17, 15) is 17.6 Å². The molecule has 2 nitrogen and oxygen atoms in total. The van der Waals surface area contributed by atoms with Gasteiger partial charge in [-0.15, -0.1) is 0 Å². The van der Waals surface area contributed by atoms with Crippen molar-refractivity contribution in [2.75, 3.05) is 6.61 Å². The van der Waals surface area contributed by atoms with Crippen LogP contribution in [0, 0.1) is 17.7 Å². The molecular formula is C33H30F6O2. The van der Waals surface area contributed by atoms with Gasteiger partial charge < -0.3 is 9.47 Å². The summed E-state index contributed by atoms with van der Waals surface area (Å²) in [6.45, 7) is 7.53. The van der Waals surface area contributed by atoms with Gasteiger partial charge in [-0.2, -0.15) is 8.78 Å². The summed E-state index contributed by atoms with van der Waals surface area (Å²) in [5, 5.41) is 0. The number of ether oxygens (including phenoxy) is 2. The SMILES string of the molecule is C/C=C(F)/C(F)=C\C(=C/C)OC(F)(F)C(=C\C)/C(F)=C\C(=C/C)c1ccc(C#Cc2ccc(OCC)cc2)cc1F. The molecular weight excluding hydrogens is 542 g/mol. The van der Waals surface area contributed by atoms with Crippen LogP contribution >= 0.6 is 0 Å². The number of halogens is 6. The van der Waals surface area contributed by atoms with Crippen molar-refractivity contribution in [3.63, 3.8) is 0 Å². The molecule has 0 saturated carbocycles. The molecule has 216 valence electrons. The largest absolute Gasteiger partial charge is 0.494 e. The van der Waals surface area contributed by atoms with Crippen LogP contribution in [0.1, 0.15) is 51.3 Å². The maximum Gasteiger partial charge on any atom is 0.429 e. The minimum Gasteiger partial charge on any atom is -0.494 e. The lowest BCUT2D eigenvalue weighted by Crippen LogP contribution is -2.24. The molecule has 0 saturated heterocycles. The van der Waals surface area contributed by atoms with Crippen LogP contribution in [0.2, 0.25) is 0 Å². The van der Waals surface area contributed by atoms with Gasteiger partial charge in [0.05, 0.1) is 12.2 Å².